The van der Waals surface area contributed by atoms with Gasteiger partial charge in [0.25, 0.3) is 0 Å². The van der Waals surface area contributed by atoms with Crippen LogP contribution in [0.4, 0.5) is 0 Å². The number of para-hydroxylation sites is 1. The summed E-state index contributed by atoms with van der Waals surface area (Å²) in [6.07, 6.45) is 0. The molecule has 1 heterocycles. The molecule has 0 aliphatic rings. The van der Waals surface area contributed by atoms with Crippen molar-refractivity contribution in [2.75, 3.05) is 19.9 Å². The summed E-state index contributed by atoms with van der Waals surface area (Å²) in [5.41, 5.74) is 2.94. The maximum atomic E-state index is 12.8. The Balaban J connectivity index is 1.51. The van der Waals surface area contributed by atoms with E-state index in [9.17, 15) is 4.79 Å². The van der Waals surface area contributed by atoms with E-state index < -0.39 is 0 Å². The van der Waals surface area contributed by atoms with Gasteiger partial charge in [0.05, 0.1) is 12.9 Å². The fourth-order valence-electron chi connectivity index (χ4n) is 3.32. The Labute approximate surface area is 191 Å². The van der Waals surface area contributed by atoms with E-state index >= 15 is 0 Å². The second kappa shape index (κ2) is 10.2. The highest BCUT2D eigenvalue weighted by Gasteiger charge is 2.18. The number of rotatable bonds is 8. The predicted molar refractivity (Wildman–Crippen MR) is 127 cm³/mol. The van der Waals surface area contributed by atoms with Crippen molar-refractivity contribution in [1.29, 1.82) is 0 Å². The Morgan fingerprint density at radius 1 is 0.969 bits per heavy atom. The fourth-order valence-corrected chi connectivity index (χ4v) is 4.21. The minimum Gasteiger partial charge on any atom is -0.497 e. The van der Waals surface area contributed by atoms with Crippen molar-refractivity contribution < 1.29 is 9.53 Å². The lowest BCUT2D eigenvalue weighted by Crippen LogP contribution is -2.27. The molecule has 0 aliphatic carbocycles. The number of aromatic nitrogens is 3. The van der Waals surface area contributed by atoms with Gasteiger partial charge in [0.15, 0.2) is 11.0 Å². The maximum absolute atomic E-state index is 12.8. The summed E-state index contributed by atoms with van der Waals surface area (Å²) in [5.74, 6) is 1.81. The molecule has 0 atom stereocenters. The molecular formula is C25H24N4O2S. The lowest BCUT2D eigenvalue weighted by molar-refractivity contribution is -0.127. The number of carbonyl (C=O) groups excluding carboxylic acids is 1. The largest absolute Gasteiger partial charge is 0.497 e. The first kappa shape index (κ1) is 21.6. The topological polar surface area (TPSA) is 60.2 Å². The third-order valence-electron chi connectivity index (χ3n) is 4.98. The van der Waals surface area contributed by atoms with Crippen LogP contribution in [0.25, 0.3) is 17.1 Å². The summed E-state index contributed by atoms with van der Waals surface area (Å²) in [7, 11) is 3.44. The Morgan fingerprint density at radius 3 is 2.41 bits per heavy atom. The van der Waals surface area contributed by atoms with Gasteiger partial charge in [0.2, 0.25) is 5.91 Å². The van der Waals surface area contributed by atoms with Crippen LogP contribution in [-0.4, -0.2) is 45.5 Å². The van der Waals surface area contributed by atoms with Crippen LogP contribution in [0.5, 0.6) is 5.75 Å². The third-order valence-corrected chi connectivity index (χ3v) is 5.90. The van der Waals surface area contributed by atoms with E-state index in [1.165, 1.54) is 11.8 Å². The van der Waals surface area contributed by atoms with Crippen molar-refractivity contribution in [3.63, 3.8) is 0 Å². The Bertz CT molecular complexity index is 1180. The molecule has 0 radical (unpaired) electrons. The van der Waals surface area contributed by atoms with E-state index in [-0.39, 0.29) is 11.7 Å². The van der Waals surface area contributed by atoms with Crippen molar-refractivity contribution in [3.05, 3.63) is 90.5 Å². The van der Waals surface area contributed by atoms with E-state index in [1.54, 1.807) is 19.1 Å². The van der Waals surface area contributed by atoms with Crippen LogP contribution in [0.3, 0.4) is 0 Å². The number of carbonyl (C=O) groups is 1. The zero-order chi connectivity index (χ0) is 22.3. The molecule has 0 bridgehead atoms. The van der Waals surface area contributed by atoms with Crippen LogP contribution in [0.1, 0.15) is 5.56 Å². The van der Waals surface area contributed by atoms with Gasteiger partial charge in [-0.2, -0.15) is 0 Å². The van der Waals surface area contributed by atoms with Crippen LogP contribution in [0, 0.1) is 0 Å². The summed E-state index contributed by atoms with van der Waals surface area (Å²) in [4.78, 5) is 14.5. The molecule has 4 rings (SSSR count). The SMILES string of the molecule is COc1cccc(CN(C)C(=O)CSc2nnc(-c3ccccc3)n2-c2ccccc2)c1. The summed E-state index contributed by atoms with van der Waals surface area (Å²) < 4.78 is 7.27. The van der Waals surface area contributed by atoms with E-state index in [0.29, 0.717) is 11.7 Å². The molecule has 0 unspecified atom stereocenters. The number of amides is 1. The van der Waals surface area contributed by atoms with Gasteiger partial charge in [-0.3, -0.25) is 9.36 Å². The molecule has 0 saturated heterocycles. The summed E-state index contributed by atoms with van der Waals surface area (Å²) in [6.45, 7) is 0.511. The molecule has 1 amide bonds. The number of hydrogen-bond acceptors (Lipinski definition) is 5. The van der Waals surface area contributed by atoms with Crippen LogP contribution >= 0.6 is 11.8 Å². The zero-order valence-corrected chi connectivity index (χ0v) is 18.8. The van der Waals surface area contributed by atoms with Gasteiger partial charge in [0.1, 0.15) is 5.75 Å². The first-order valence-corrected chi connectivity index (χ1v) is 11.2. The molecule has 0 aliphatic heterocycles. The monoisotopic (exact) mass is 444 g/mol. The molecular weight excluding hydrogens is 420 g/mol. The first-order valence-electron chi connectivity index (χ1n) is 10.2. The molecule has 0 N–H and O–H groups in total. The number of ether oxygens (including phenoxy) is 1. The molecule has 162 valence electrons. The van der Waals surface area contributed by atoms with Crippen LogP contribution in [0.2, 0.25) is 0 Å². The molecule has 0 fully saturated rings. The highest BCUT2D eigenvalue weighted by atomic mass is 32.2. The lowest BCUT2D eigenvalue weighted by Gasteiger charge is -2.17. The smallest absolute Gasteiger partial charge is 0.233 e. The molecule has 0 saturated carbocycles. The van der Waals surface area contributed by atoms with Crippen molar-refractivity contribution in [2.24, 2.45) is 0 Å². The number of nitrogens with zero attached hydrogens (tertiary/aromatic N) is 4. The van der Waals surface area contributed by atoms with E-state index in [4.69, 9.17) is 4.74 Å². The van der Waals surface area contributed by atoms with E-state index in [0.717, 1.165) is 28.4 Å². The van der Waals surface area contributed by atoms with E-state index in [2.05, 4.69) is 10.2 Å². The quantitative estimate of drug-likeness (QED) is 0.369. The first-order chi connectivity index (χ1) is 15.7. The average molecular weight is 445 g/mol. The highest BCUT2D eigenvalue weighted by Crippen LogP contribution is 2.28. The number of methoxy groups -OCH3 is 1. The van der Waals surface area contributed by atoms with Crippen LogP contribution in [-0.2, 0) is 11.3 Å². The number of benzene rings is 3. The van der Waals surface area contributed by atoms with Gasteiger partial charge in [-0.15, -0.1) is 10.2 Å². The molecule has 3 aromatic carbocycles. The fraction of sp³-hybridized carbons (Fsp3) is 0.160. The minimum absolute atomic E-state index is 0.0155. The normalized spacial score (nSPS) is 10.7. The van der Waals surface area contributed by atoms with Gasteiger partial charge in [-0.1, -0.05) is 72.4 Å². The number of hydrogen-bond donors (Lipinski definition) is 0. The van der Waals surface area contributed by atoms with Crippen molar-refractivity contribution in [1.82, 2.24) is 19.7 Å². The van der Waals surface area contributed by atoms with Gasteiger partial charge < -0.3 is 9.64 Å². The average Bonchev–Trinajstić information content (AvgIpc) is 3.27. The van der Waals surface area contributed by atoms with E-state index in [1.807, 2.05) is 89.5 Å². The Hall–Kier alpha value is -3.58. The standard InChI is InChI=1S/C25H24N4O2S/c1-28(17-19-10-9-15-22(16-19)31-2)23(30)18-32-25-27-26-24(20-11-5-3-6-12-20)29(25)21-13-7-4-8-14-21/h3-16H,17-18H2,1-2H3. The summed E-state index contributed by atoms with van der Waals surface area (Å²) >= 11 is 1.39. The molecule has 1 aromatic heterocycles. The molecule has 32 heavy (non-hydrogen) atoms. The van der Waals surface area contributed by atoms with Crippen LogP contribution < -0.4 is 4.74 Å². The second-order valence-electron chi connectivity index (χ2n) is 7.23. The zero-order valence-electron chi connectivity index (χ0n) is 18.0. The second-order valence-corrected chi connectivity index (χ2v) is 8.18. The number of thioether (sulfide) groups is 1. The Kier molecular flexibility index (Phi) is 6.87. The molecule has 4 aromatic rings. The maximum Gasteiger partial charge on any atom is 0.233 e. The summed E-state index contributed by atoms with van der Waals surface area (Å²) in [6, 6.07) is 27.6. The van der Waals surface area contributed by atoms with Crippen LogP contribution in [0.15, 0.2) is 90.1 Å². The molecule has 7 heteroatoms. The third kappa shape index (κ3) is 5.00. The highest BCUT2D eigenvalue weighted by molar-refractivity contribution is 7.99. The van der Waals surface area contributed by atoms with Crippen molar-refractivity contribution in [3.8, 4) is 22.8 Å². The van der Waals surface area contributed by atoms with Gasteiger partial charge in [-0.05, 0) is 29.8 Å². The van der Waals surface area contributed by atoms with Crippen molar-refractivity contribution >= 4 is 17.7 Å². The summed E-state index contributed by atoms with van der Waals surface area (Å²) in [5, 5.41) is 9.50. The molecule has 0 spiro atoms. The minimum atomic E-state index is 0.0155. The molecule has 6 nitrogen and oxygen atoms in total. The van der Waals surface area contributed by atoms with Gasteiger partial charge in [-0.25, -0.2) is 0 Å². The Morgan fingerprint density at radius 2 is 1.69 bits per heavy atom. The predicted octanol–water partition coefficient (Wildman–Crippen LogP) is 4.69. The van der Waals surface area contributed by atoms with Gasteiger partial charge >= 0.3 is 0 Å². The lowest BCUT2D eigenvalue weighted by atomic mass is 10.2. The van der Waals surface area contributed by atoms with Gasteiger partial charge in [0, 0.05) is 24.8 Å². The van der Waals surface area contributed by atoms with Crippen molar-refractivity contribution in [2.45, 2.75) is 11.7 Å².